The van der Waals surface area contributed by atoms with Crippen LogP contribution in [-0.4, -0.2) is 15.0 Å². The van der Waals surface area contributed by atoms with Gasteiger partial charge in [0.25, 0.3) is 0 Å². The average molecular weight is 366 g/mol. The zero-order valence-corrected chi connectivity index (χ0v) is 16.1. The van der Waals surface area contributed by atoms with Gasteiger partial charge in [-0.25, -0.2) is 9.97 Å². The molecule has 4 heteroatoms. The van der Waals surface area contributed by atoms with Crippen LogP contribution < -0.4 is 5.32 Å². The molecule has 2 heterocycles. The van der Waals surface area contributed by atoms with Crippen LogP contribution >= 0.6 is 0 Å². The van der Waals surface area contributed by atoms with E-state index in [4.69, 9.17) is 0 Å². The van der Waals surface area contributed by atoms with Crippen molar-refractivity contribution in [2.45, 2.75) is 20.3 Å². The molecule has 28 heavy (non-hydrogen) atoms. The van der Waals surface area contributed by atoms with Crippen molar-refractivity contribution in [2.24, 2.45) is 0 Å². The van der Waals surface area contributed by atoms with Crippen molar-refractivity contribution in [1.82, 2.24) is 15.0 Å². The molecule has 4 aromatic rings. The minimum absolute atomic E-state index is 0.624. The molecule has 0 saturated heterocycles. The van der Waals surface area contributed by atoms with E-state index >= 15 is 0 Å². The van der Waals surface area contributed by atoms with Crippen molar-refractivity contribution in [3.8, 4) is 11.1 Å². The topological polar surface area (TPSA) is 50.7 Å². The average Bonchev–Trinajstić information content (AvgIpc) is 2.69. The van der Waals surface area contributed by atoms with Crippen LogP contribution in [0.1, 0.15) is 22.6 Å². The van der Waals surface area contributed by atoms with Gasteiger partial charge in [-0.3, -0.25) is 4.98 Å². The smallest absolute Gasteiger partial charge is 0.227 e. The third-order valence-corrected chi connectivity index (χ3v) is 4.51. The van der Waals surface area contributed by atoms with E-state index in [1.54, 1.807) is 0 Å². The summed E-state index contributed by atoms with van der Waals surface area (Å²) >= 11 is 0. The van der Waals surface area contributed by atoms with Crippen molar-refractivity contribution in [3.05, 3.63) is 102 Å². The molecule has 0 amide bonds. The van der Waals surface area contributed by atoms with E-state index in [0.29, 0.717) is 5.95 Å². The van der Waals surface area contributed by atoms with Crippen LogP contribution in [0.15, 0.2) is 79.0 Å². The molecule has 0 unspecified atom stereocenters. The van der Waals surface area contributed by atoms with Crippen LogP contribution in [0.2, 0.25) is 0 Å². The Labute approximate surface area is 165 Å². The maximum Gasteiger partial charge on any atom is 0.227 e. The van der Waals surface area contributed by atoms with Crippen molar-refractivity contribution in [3.63, 3.8) is 0 Å². The summed E-state index contributed by atoms with van der Waals surface area (Å²) in [7, 11) is 0. The molecule has 0 aliphatic carbocycles. The van der Waals surface area contributed by atoms with Gasteiger partial charge in [0.2, 0.25) is 5.95 Å². The highest BCUT2D eigenvalue weighted by Crippen LogP contribution is 2.23. The molecular formula is C24H22N4. The Balaban J connectivity index is 1.52. The van der Waals surface area contributed by atoms with E-state index < -0.39 is 0 Å². The van der Waals surface area contributed by atoms with E-state index in [9.17, 15) is 0 Å². The molecule has 138 valence electrons. The van der Waals surface area contributed by atoms with E-state index in [1.165, 1.54) is 5.56 Å². The molecular weight excluding hydrogens is 344 g/mol. The molecule has 0 saturated carbocycles. The van der Waals surface area contributed by atoms with Gasteiger partial charge in [-0.15, -0.1) is 0 Å². The van der Waals surface area contributed by atoms with Crippen LogP contribution in [0.3, 0.4) is 0 Å². The Morgan fingerprint density at radius 1 is 0.750 bits per heavy atom. The zero-order chi connectivity index (χ0) is 19.3. The van der Waals surface area contributed by atoms with Gasteiger partial charge >= 0.3 is 0 Å². The molecule has 4 rings (SSSR count). The Morgan fingerprint density at radius 2 is 1.54 bits per heavy atom. The van der Waals surface area contributed by atoms with Gasteiger partial charge in [-0.1, -0.05) is 42.5 Å². The summed E-state index contributed by atoms with van der Waals surface area (Å²) in [6.45, 7) is 4.00. The standard InChI is InChI=1S/C24H22N4/c1-17-14-21(12-13-25-17)20-8-10-22(11-9-20)27-24-26-18(2)15-23(28-24)16-19-6-4-3-5-7-19/h3-15H,16H2,1-2H3,(H,26,27,28). The number of hydrogen-bond acceptors (Lipinski definition) is 4. The molecule has 0 aliphatic rings. The molecule has 0 atom stereocenters. The summed E-state index contributed by atoms with van der Waals surface area (Å²) < 4.78 is 0. The van der Waals surface area contributed by atoms with Crippen LogP contribution in [-0.2, 0) is 6.42 Å². The van der Waals surface area contributed by atoms with Crippen molar-refractivity contribution < 1.29 is 0 Å². The summed E-state index contributed by atoms with van der Waals surface area (Å²) in [4.78, 5) is 13.5. The third-order valence-electron chi connectivity index (χ3n) is 4.51. The number of aryl methyl sites for hydroxylation is 2. The number of hydrogen-bond donors (Lipinski definition) is 1. The van der Waals surface area contributed by atoms with Gasteiger partial charge in [-0.2, -0.15) is 0 Å². The number of nitrogens with one attached hydrogen (secondary N) is 1. The summed E-state index contributed by atoms with van der Waals surface area (Å²) in [5.74, 6) is 0.624. The van der Waals surface area contributed by atoms with Gasteiger partial charge in [-0.05, 0) is 60.9 Å². The minimum Gasteiger partial charge on any atom is -0.324 e. The number of aromatic nitrogens is 3. The highest BCUT2D eigenvalue weighted by Gasteiger charge is 2.05. The summed E-state index contributed by atoms with van der Waals surface area (Å²) in [5.41, 5.74) is 7.49. The Kier molecular flexibility index (Phi) is 5.11. The van der Waals surface area contributed by atoms with E-state index in [1.807, 2.05) is 62.5 Å². The summed E-state index contributed by atoms with van der Waals surface area (Å²) in [6, 6.07) is 24.8. The first-order valence-electron chi connectivity index (χ1n) is 9.34. The molecule has 0 radical (unpaired) electrons. The van der Waals surface area contributed by atoms with Gasteiger partial charge in [0.1, 0.15) is 0 Å². The molecule has 2 aromatic carbocycles. The number of anilines is 2. The normalized spacial score (nSPS) is 10.6. The predicted octanol–water partition coefficient (Wildman–Crippen LogP) is 5.49. The van der Waals surface area contributed by atoms with Gasteiger partial charge in [0, 0.05) is 29.7 Å². The number of pyridine rings is 1. The first-order chi connectivity index (χ1) is 13.7. The highest BCUT2D eigenvalue weighted by molar-refractivity contribution is 5.67. The Bertz CT molecular complexity index is 1070. The molecule has 0 spiro atoms. The Hall–Kier alpha value is -3.53. The predicted molar refractivity (Wildman–Crippen MR) is 114 cm³/mol. The van der Waals surface area contributed by atoms with Crippen LogP contribution in [0.25, 0.3) is 11.1 Å². The summed E-state index contributed by atoms with van der Waals surface area (Å²) in [6.07, 6.45) is 2.63. The van der Waals surface area contributed by atoms with Crippen molar-refractivity contribution in [1.29, 1.82) is 0 Å². The molecule has 0 fully saturated rings. The summed E-state index contributed by atoms with van der Waals surface area (Å²) in [5, 5.41) is 3.33. The van der Waals surface area contributed by atoms with E-state index in [2.05, 4.69) is 50.6 Å². The molecule has 0 bridgehead atoms. The van der Waals surface area contributed by atoms with Crippen molar-refractivity contribution >= 4 is 11.6 Å². The zero-order valence-electron chi connectivity index (χ0n) is 16.1. The fraction of sp³-hybridized carbons (Fsp3) is 0.125. The molecule has 1 N–H and O–H groups in total. The second kappa shape index (κ2) is 8.01. The second-order valence-electron chi connectivity index (χ2n) is 6.87. The number of rotatable bonds is 5. The minimum atomic E-state index is 0.624. The molecule has 0 aliphatic heterocycles. The lowest BCUT2D eigenvalue weighted by Gasteiger charge is -2.09. The fourth-order valence-corrected chi connectivity index (χ4v) is 3.19. The first-order valence-corrected chi connectivity index (χ1v) is 9.34. The van der Waals surface area contributed by atoms with Crippen LogP contribution in [0, 0.1) is 13.8 Å². The number of nitrogens with zero attached hydrogens (tertiary/aromatic N) is 3. The third kappa shape index (κ3) is 4.41. The fourth-order valence-electron chi connectivity index (χ4n) is 3.19. The van der Waals surface area contributed by atoms with E-state index in [0.717, 1.165) is 40.3 Å². The lowest BCUT2D eigenvalue weighted by Crippen LogP contribution is -2.02. The van der Waals surface area contributed by atoms with E-state index in [-0.39, 0.29) is 0 Å². The SMILES string of the molecule is Cc1cc(-c2ccc(Nc3nc(C)cc(Cc4ccccc4)n3)cc2)ccn1. The Morgan fingerprint density at radius 3 is 2.29 bits per heavy atom. The molecule has 2 aromatic heterocycles. The van der Waals surface area contributed by atoms with Gasteiger partial charge in [0.15, 0.2) is 0 Å². The second-order valence-corrected chi connectivity index (χ2v) is 6.87. The first kappa shape index (κ1) is 17.9. The van der Waals surface area contributed by atoms with Gasteiger partial charge < -0.3 is 5.32 Å². The van der Waals surface area contributed by atoms with Crippen LogP contribution in [0.5, 0.6) is 0 Å². The highest BCUT2D eigenvalue weighted by atomic mass is 15.1. The monoisotopic (exact) mass is 366 g/mol. The van der Waals surface area contributed by atoms with Gasteiger partial charge in [0.05, 0.1) is 5.69 Å². The van der Waals surface area contributed by atoms with Crippen LogP contribution in [0.4, 0.5) is 11.6 Å². The lowest BCUT2D eigenvalue weighted by atomic mass is 10.1. The largest absolute Gasteiger partial charge is 0.324 e. The molecule has 4 nitrogen and oxygen atoms in total. The number of benzene rings is 2. The quantitative estimate of drug-likeness (QED) is 0.507. The maximum absolute atomic E-state index is 4.69. The van der Waals surface area contributed by atoms with Crippen molar-refractivity contribution in [2.75, 3.05) is 5.32 Å². The maximum atomic E-state index is 4.69. The lowest BCUT2D eigenvalue weighted by molar-refractivity contribution is 1.01.